The molecular formula is C14H18BrNO2. The third kappa shape index (κ3) is 2.93. The van der Waals surface area contributed by atoms with E-state index in [9.17, 15) is 9.90 Å². The van der Waals surface area contributed by atoms with Crippen LogP contribution in [0.15, 0.2) is 22.7 Å². The summed E-state index contributed by atoms with van der Waals surface area (Å²) in [5.74, 6) is -0.692. The van der Waals surface area contributed by atoms with Crippen molar-refractivity contribution in [2.45, 2.75) is 38.8 Å². The quantitative estimate of drug-likeness (QED) is 0.932. The number of benzene rings is 1. The molecule has 1 N–H and O–H groups in total. The molecule has 0 saturated carbocycles. The first-order valence-corrected chi connectivity index (χ1v) is 7.09. The van der Waals surface area contributed by atoms with E-state index in [1.54, 1.807) is 0 Å². The van der Waals surface area contributed by atoms with Crippen LogP contribution >= 0.6 is 15.9 Å². The fraction of sp³-hybridized carbons (Fsp3) is 0.500. The van der Waals surface area contributed by atoms with Crippen molar-refractivity contribution in [3.63, 3.8) is 0 Å². The Hall–Kier alpha value is -0.870. The van der Waals surface area contributed by atoms with Crippen LogP contribution in [0.1, 0.15) is 30.4 Å². The van der Waals surface area contributed by atoms with Gasteiger partial charge in [0.05, 0.1) is 0 Å². The Balaban J connectivity index is 2.16. The third-order valence-corrected chi connectivity index (χ3v) is 4.51. The van der Waals surface area contributed by atoms with Gasteiger partial charge in [0.15, 0.2) is 0 Å². The monoisotopic (exact) mass is 311 g/mol. The van der Waals surface area contributed by atoms with Gasteiger partial charge in [0.25, 0.3) is 0 Å². The molecule has 4 heteroatoms. The number of halogens is 1. The van der Waals surface area contributed by atoms with Crippen molar-refractivity contribution in [1.82, 2.24) is 4.90 Å². The first-order chi connectivity index (χ1) is 8.59. The molecule has 0 aliphatic carbocycles. The summed E-state index contributed by atoms with van der Waals surface area (Å²) in [5.41, 5.74) is 2.41. The highest BCUT2D eigenvalue weighted by molar-refractivity contribution is 9.10. The molecule has 1 saturated heterocycles. The van der Waals surface area contributed by atoms with E-state index in [2.05, 4.69) is 33.8 Å². The van der Waals surface area contributed by atoms with Gasteiger partial charge in [-0.1, -0.05) is 34.5 Å². The molecule has 18 heavy (non-hydrogen) atoms. The average Bonchev–Trinajstić information content (AvgIpc) is 2.35. The number of piperidine rings is 1. The van der Waals surface area contributed by atoms with Crippen LogP contribution in [0.5, 0.6) is 0 Å². The summed E-state index contributed by atoms with van der Waals surface area (Å²) in [6.07, 6.45) is 2.88. The van der Waals surface area contributed by atoms with Crippen LogP contribution in [0.4, 0.5) is 0 Å². The molecule has 1 aliphatic rings. The Kier molecular flexibility index (Phi) is 4.40. The van der Waals surface area contributed by atoms with E-state index in [0.717, 1.165) is 36.8 Å². The fourth-order valence-electron chi connectivity index (χ4n) is 2.50. The van der Waals surface area contributed by atoms with E-state index in [4.69, 9.17) is 0 Å². The summed E-state index contributed by atoms with van der Waals surface area (Å²) in [6.45, 7) is 3.67. The molecule has 1 fully saturated rings. The van der Waals surface area contributed by atoms with E-state index < -0.39 is 5.97 Å². The highest BCUT2D eigenvalue weighted by Crippen LogP contribution is 2.24. The van der Waals surface area contributed by atoms with E-state index in [0.29, 0.717) is 0 Å². The lowest BCUT2D eigenvalue weighted by atomic mass is 10.00. The van der Waals surface area contributed by atoms with Crippen molar-refractivity contribution < 1.29 is 9.90 Å². The van der Waals surface area contributed by atoms with E-state index in [-0.39, 0.29) is 6.04 Å². The van der Waals surface area contributed by atoms with Crippen LogP contribution in [0, 0.1) is 6.92 Å². The summed E-state index contributed by atoms with van der Waals surface area (Å²) in [4.78, 5) is 13.3. The Morgan fingerprint density at radius 3 is 3.00 bits per heavy atom. The highest BCUT2D eigenvalue weighted by Gasteiger charge is 2.28. The second-order valence-electron chi connectivity index (χ2n) is 4.84. The second-order valence-corrected chi connectivity index (χ2v) is 5.70. The van der Waals surface area contributed by atoms with Crippen LogP contribution in [-0.4, -0.2) is 28.6 Å². The number of hydrogen-bond donors (Lipinski definition) is 1. The third-order valence-electron chi connectivity index (χ3n) is 3.65. The number of likely N-dealkylation sites (tertiary alicyclic amines) is 1. The molecule has 0 aromatic heterocycles. The van der Waals surface area contributed by atoms with Crippen molar-refractivity contribution in [2.75, 3.05) is 6.54 Å². The number of aliphatic carboxylic acids is 1. The summed E-state index contributed by atoms with van der Waals surface area (Å²) >= 11 is 3.52. The van der Waals surface area contributed by atoms with Crippen molar-refractivity contribution in [2.24, 2.45) is 0 Å². The molecule has 0 bridgehead atoms. The molecule has 0 amide bonds. The molecule has 1 heterocycles. The average molecular weight is 312 g/mol. The number of carboxylic acid groups (broad SMARTS) is 1. The van der Waals surface area contributed by atoms with Crippen molar-refractivity contribution in [3.05, 3.63) is 33.8 Å². The molecule has 1 aliphatic heterocycles. The zero-order valence-electron chi connectivity index (χ0n) is 10.5. The zero-order chi connectivity index (χ0) is 13.1. The largest absolute Gasteiger partial charge is 0.480 e. The lowest BCUT2D eigenvalue weighted by molar-refractivity contribution is -0.144. The maximum atomic E-state index is 11.3. The molecule has 3 nitrogen and oxygen atoms in total. The van der Waals surface area contributed by atoms with Gasteiger partial charge in [0.1, 0.15) is 6.04 Å². The highest BCUT2D eigenvalue weighted by atomic mass is 79.9. The molecule has 1 aromatic carbocycles. The number of carbonyl (C=O) groups is 1. The fourth-order valence-corrected chi connectivity index (χ4v) is 2.91. The molecule has 1 atom stereocenters. The molecule has 0 radical (unpaired) electrons. The number of hydrogen-bond acceptors (Lipinski definition) is 2. The van der Waals surface area contributed by atoms with E-state index in [1.165, 1.54) is 11.1 Å². The minimum Gasteiger partial charge on any atom is -0.480 e. The van der Waals surface area contributed by atoms with Gasteiger partial charge in [0.2, 0.25) is 0 Å². The van der Waals surface area contributed by atoms with E-state index >= 15 is 0 Å². The van der Waals surface area contributed by atoms with Gasteiger partial charge in [0, 0.05) is 11.0 Å². The van der Waals surface area contributed by atoms with Crippen molar-refractivity contribution >= 4 is 21.9 Å². The Bertz CT molecular complexity index is 447. The van der Waals surface area contributed by atoms with Gasteiger partial charge >= 0.3 is 5.97 Å². The summed E-state index contributed by atoms with van der Waals surface area (Å²) < 4.78 is 1.09. The first-order valence-electron chi connectivity index (χ1n) is 6.30. The smallest absolute Gasteiger partial charge is 0.320 e. The molecule has 98 valence electrons. The maximum Gasteiger partial charge on any atom is 0.320 e. The molecule has 1 aromatic rings. The van der Waals surface area contributed by atoms with Crippen molar-refractivity contribution in [1.29, 1.82) is 0 Å². The second kappa shape index (κ2) is 5.85. The Morgan fingerprint density at radius 1 is 1.50 bits per heavy atom. The van der Waals surface area contributed by atoms with Gasteiger partial charge < -0.3 is 5.11 Å². The number of carboxylic acids is 1. The predicted octanol–water partition coefficient (Wildman–Crippen LogP) is 3.20. The van der Waals surface area contributed by atoms with Crippen LogP contribution < -0.4 is 0 Å². The number of nitrogens with zero attached hydrogens (tertiary/aromatic N) is 1. The van der Waals surface area contributed by atoms with Gasteiger partial charge in [-0.25, -0.2) is 0 Å². The van der Waals surface area contributed by atoms with E-state index in [1.807, 2.05) is 12.1 Å². The minimum absolute atomic E-state index is 0.322. The Morgan fingerprint density at radius 2 is 2.28 bits per heavy atom. The lowest BCUT2D eigenvalue weighted by Crippen LogP contribution is -2.44. The molecule has 1 unspecified atom stereocenters. The summed E-state index contributed by atoms with van der Waals surface area (Å²) in [6, 6.07) is 5.78. The van der Waals surface area contributed by atoms with Crippen LogP contribution in [-0.2, 0) is 11.3 Å². The van der Waals surface area contributed by atoms with Gasteiger partial charge in [-0.3, -0.25) is 9.69 Å². The van der Waals surface area contributed by atoms with Crippen molar-refractivity contribution in [3.8, 4) is 0 Å². The zero-order valence-corrected chi connectivity index (χ0v) is 12.1. The molecule has 0 spiro atoms. The number of rotatable bonds is 3. The topological polar surface area (TPSA) is 40.5 Å². The Labute approximate surface area is 116 Å². The standard InChI is InChI=1S/C14H18BrNO2/c1-10-11(5-4-6-12(10)15)9-16-8-3-2-7-13(16)14(17)18/h4-6,13H,2-3,7-9H2,1H3,(H,17,18). The summed E-state index contributed by atoms with van der Waals surface area (Å²) in [5, 5.41) is 9.26. The maximum absolute atomic E-state index is 11.3. The van der Waals surface area contributed by atoms with Gasteiger partial charge in [-0.2, -0.15) is 0 Å². The lowest BCUT2D eigenvalue weighted by Gasteiger charge is -2.33. The SMILES string of the molecule is Cc1c(Br)cccc1CN1CCCCC1C(=O)O. The van der Waals surface area contributed by atoms with Crippen LogP contribution in [0.3, 0.4) is 0 Å². The first kappa shape index (κ1) is 13.6. The minimum atomic E-state index is -0.692. The predicted molar refractivity (Wildman–Crippen MR) is 74.6 cm³/mol. The molecule has 2 rings (SSSR count). The molecular weight excluding hydrogens is 294 g/mol. The summed E-state index contributed by atoms with van der Waals surface area (Å²) in [7, 11) is 0. The van der Waals surface area contributed by atoms with Crippen LogP contribution in [0.25, 0.3) is 0 Å². The normalized spacial score (nSPS) is 20.9. The van der Waals surface area contributed by atoms with Crippen LogP contribution in [0.2, 0.25) is 0 Å². The van der Waals surface area contributed by atoms with Gasteiger partial charge in [-0.05, 0) is 43.5 Å². The van der Waals surface area contributed by atoms with Gasteiger partial charge in [-0.15, -0.1) is 0 Å².